The van der Waals surface area contributed by atoms with E-state index in [0.29, 0.717) is 6.04 Å². The monoisotopic (exact) mass is 296 g/mol. The van der Waals surface area contributed by atoms with E-state index in [-0.39, 0.29) is 23.0 Å². The molecule has 116 valence electrons. The first-order chi connectivity index (χ1) is 9.92. The van der Waals surface area contributed by atoms with Crippen LogP contribution in [0.4, 0.5) is 10.1 Å². The molecule has 1 saturated carbocycles. The van der Waals surface area contributed by atoms with Crippen molar-refractivity contribution in [1.29, 1.82) is 0 Å². The van der Waals surface area contributed by atoms with Gasteiger partial charge in [0.15, 0.2) is 5.75 Å². The smallest absolute Gasteiger partial charge is 0.313 e. The summed E-state index contributed by atoms with van der Waals surface area (Å²) in [5.74, 6) is -0.493. The second kappa shape index (κ2) is 5.97. The zero-order valence-corrected chi connectivity index (χ0v) is 12.6. The Kier molecular flexibility index (Phi) is 4.46. The van der Waals surface area contributed by atoms with Crippen LogP contribution in [0, 0.1) is 21.3 Å². The Labute approximate surface area is 123 Å². The van der Waals surface area contributed by atoms with E-state index < -0.39 is 10.7 Å². The molecule has 0 radical (unpaired) electrons. The summed E-state index contributed by atoms with van der Waals surface area (Å²) in [5, 5.41) is 14.4. The van der Waals surface area contributed by atoms with Gasteiger partial charge >= 0.3 is 5.69 Å². The number of hydrogen-bond acceptors (Lipinski definition) is 4. The van der Waals surface area contributed by atoms with Crippen molar-refractivity contribution in [3.8, 4) is 5.75 Å². The number of nitro groups is 1. The summed E-state index contributed by atoms with van der Waals surface area (Å²) in [4.78, 5) is 10.4. The number of hydrogen-bond donors (Lipinski definition) is 1. The van der Waals surface area contributed by atoms with Crippen molar-refractivity contribution < 1.29 is 14.1 Å². The molecule has 0 heterocycles. The second-order valence-corrected chi connectivity index (χ2v) is 5.68. The predicted molar refractivity (Wildman–Crippen MR) is 78.0 cm³/mol. The molecule has 0 amide bonds. The average molecular weight is 296 g/mol. The molecule has 0 spiro atoms. The van der Waals surface area contributed by atoms with Gasteiger partial charge in [0.2, 0.25) is 0 Å². The Morgan fingerprint density at radius 3 is 2.81 bits per heavy atom. The van der Waals surface area contributed by atoms with Crippen molar-refractivity contribution in [2.24, 2.45) is 5.41 Å². The molecule has 6 heteroatoms. The van der Waals surface area contributed by atoms with Gasteiger partial charge in [0.1, 0.15) is 11.9 Å². The van der Waals surface area contributed by atoms with Gasteiger partial charge in [-0.2, -0.15) is 0 Å². The molecule has 5 nitrogen and oxygen atoms in total. The number of ether oxygens (including phenoxy) is 1. The maximum absolute atomic E-state index is 13.2. The highest BCUT2D eigenvalue weighted by molar-refractivity contribution is 5.46. The Hall–Kier alpha value is -1.69. The first kappa shape index (κ1) is 15.7. The molecule has 0 bridgehead atoms. The molecule has 0 saturated heterocycles. The van der Waals surface area contributed by atoms with E-state index in [9.17, 15) is 14.5 Å². The minimum atomic E-state index is -0.633. The summed E-state index contributed by atoms with van der Waals surface area (Å²) in [5.41, 5.74) is -0.390. The van der Waals surface area contributed by atoms with Crippen molar-refractivity contribution in [2.45, 2.75) is 45.8 Å². The lowest BCUT2D eigenvalue weighted by Gasteiger charge is -2.53. The lowest BCUT2D eigenvalue weighted by molar-refractivity contribution is -0.386. The lowest BCUT2D eigenvalue weighted by atomic mass is 9.61. The summed E-state index contributed by atoms with van der Waals surface area (Å²) in [6.45, 7) is 7.13. The van der Waals surface area contributed by atoms with Crippen LogP contribution < -0.4 is 10.1 Å². The van der Waals surface area contributed by atoms with E-state index >= 15 is 0 Å². The number of benzene rings is 1. The fraction of sp³-hybridized carbons (Fsp3) is 0.600. The molecule has 3 unspecified atom stereocenters. The number of nitrogens with one attached hydrogen (secondary N) is 1. The zero-order chi connectivity index (χ0) is 15.6. The van der Waals surface area contributed by atoms with Gasteiger partial charge < -0.3 is 10.1 Å². The van der Waals surface area contributed by atoms with E-state index in [1.807, 2.05) is 0 Å². The first-order valence-electron chi connectivity index (χ1n) is 7.26. The Morgan fingerprint density at radius 1 is 1.52 bits per heavy atom. The number of nitrogens with zero attached hydrogens (tertiary/aromatic N) is 1. The highest BCUT2D eigenvalue weighted by Gasteiger charge is 2.52. The summed E-state index contributed by atoms with van der Waals surface area (Å²) < 4.78 is 19.0. The Balaban J connectivity index is 2.18. The topological polar surface area (TPSA) is 64.4 Å². The molecule has 1 aromatic carbocycles. The molecule has 1 aromatic rings. The van der Waals surface area contributed by atoms with Crippen LogP contribution >= 0.6 is 0 Å². The normalized spacial score (nSPS) is 28.0. The molecular weight excluding hydrogens is 275 g/mol. The number of nitro benzene ring substituents is 1. The fourth-order valence-corrected chi connectivity index (χ4v) is 2.92. The molecule has 1 aliphatic carbocycles. The van der Waals surface area contributed by atoms with E-state index in [2.05, 4.69) is 26.1 Å². The van der Waals surface area contributed by atoms with Crippen molar-refractivity contribution in [3.05, 3.63) is 34.1 Å². The van der Waals surface area contributed by atoms with Gasteiger partial charge in [-0.1, -0.05) is 20.8 Å². The number of rotatable bonds is 6. The van der Waals surface area contributed by atoms with E-state index in [4.69, 9.17) is 4.74 Å². The standard InChI is InChI=1S/C15H21FN2O3/c1-4-15(3)13(17-5-2)9-14(15)21-12-7-6-10(16)8-11(12)18(19)20/h6-8,13-14,17H,4-5,9H2,1-3H3. The maximum atomic E-state index is 13.2. The maximum Gasteiger partial charge on any atom is 0.313 e. The van der Waals surface area contributed by atoms with Gasteiger partial charge in [0.25, 0.3) is 0 Å². The van der Waals surface area contributed by atoms with Crippen LogP contribution in [0.1, 0.15) is 33.6 Å². The van der Waals surface area contributed by atoms with Gasteiger partial charge in [-0.25, -0.2) is 4.39 Å². The van der Waals surface area contributed by atoms with Gasteiger partial charge in [0.05, 0.1) is 11.0 Å². The molecular formula is C15H21FN2O3. The van der Waals surface area contributed by atoms with Crippen LogP contribution in [0.3, 0.4) is 0 Å². The van der Waals surface area contributed by atoms with Crippen molar-refractivity contribution in [3.63, 3.8) is 0 Å². The fourth-order valence-electron chi connectivity index (χ4n) is 2.92. The van der Waals surface area contributed by atoms with Crippen LogP contribution in [0.5, 0.6) is 5.75 Å². The van der Waals surface area contributed by atoms with Crippen molar-refractivity contribution in [2.75, 3.05) is 6.54 Å². The first-order valence-corrected chi connectivity index (χ1v) is 7.26. The summed E-state index contributed by atoms with van der Waals surface area (Å²) in [6.07, 6.45) is 1.60. The lowest BCUT2D eigenvalue weighted by Crippen LogP contribution is -2.63. The van der Waals surface area contributed by atoms with Crippen molar-refractivity contribution >= 4 is 5.69 Å². The van der Waals surface area contributed by atoms with E-state index in [0.717, 1.165) is 25.5 Å². The highest BCUT2D eigenvalue weighted by atomic mass is 19.1. The SMILES string of the molecule is CCNC1CC(Oc2ccc(F)cc2[N+](=O)[O-])C1(C)CC. The molecule has 21 heavy (non-hydrogen) atoms. The van der Waals surface area contributed by atoms with Crippen LogP contribution in [0.25, 0.3) is 0 Å². The van der Waals surface area contributed by atoms with Crippen LogP contribution in [-0.2, 0) is 0 Å². The quantitative estimate of drug-likeness (QED) is 0.646. The van der Waals surface area contributed by atoms with Gasteiger partial charge in [-0.15, -0.1) is 0 Å². The van der Waals surface area contributed by atoms with Gasteiger partial charge in [0, 0.05) is 17.9 Å². The molecule has 3 atom stereocenters. The molecule has 0 aliphatic heterocycles. The minimum Gasteiger partial charge on any atom is -0.483 e. The summed E-state index contributed by atoms with van der Waals surface area (Å²) in [6, 6.07) is 3.77. The largest absolute Gasteiger partial charge is 0.483 e. The predicted octanol–water partition coefficient (Wildman–Crippen LogP) is 3.28. The minimum absolute atomic E-state index is 0.0712. The third kappa shape index (κ3) is 2.85. The Bertz CT molecular complexity index is 538. The second-order valence-electron chi connectivity index (χ2n) is 5.68. The molecule has 0 aromatic heterocycles. The Morgan fingerprint density at radius 2 is 2.24 bits per heavy atom. The molecule has 1 N–H and O–H groups in total. The van der Waals surface area contributed by atoms with Crippen LogP contribution in [0.15, 0.2) is 18.2 Å². The number of halogens is 1. The highest BCUT2D eigenvalue weighted by Crippen LogP contribution is 2.47. The van der Waals surface area contributed by atoms with E-state index in [1.165, 1.54) is 12.1 Å². The zero-order valence-electron chi connectivity index (χ0n) is 12.6. The molecule has 1 fully saturated rings. The molecule has 1 aliphatic rings. The van der Waals surface area contributed by atoms with Gasteiger partial charge in [-0.3, -0.25) is 10.1 Å². The molecule has 2 rings (SSSR count). The van der Waals surface area contributed by atoms with Crippen LogP contribution in [-0.4, -0.2) is 23.6 Å². The van der Waals surface area contributed by atoms with Crippen molar-refractivity contribution in [1.82, 2.24) is 5.32 Å². The van der Waals surface area contributed by atoms with Crippen LogP contribution in [0.2, 0.25) is 0 Å². The van der Waals surface area contributed by atoms with E-state index in [1.54, 1.807) is 0 Å². The van der Waals surface area contributed by atoms with Gasteiger partial charge in [-0.05, 0) is 25.1 Å². The average Bonchev–Trinajstić information content (AvgIpc) is 2.46. The third-order valence-corrected chi connectivity index (χ3v) is 4.58. The summed E-state index contributed by atoms with van der Waals surface area (Å²) >= 11 is 0. The third-order valence-electron chi connectivity index (χ3n) is 4.58. The summed E-state index contributed by atoms with van der Waals surface area (Å²) in [7, 11) is 0.